The summed E-state index contributed by atoms with van der Waals surface area (Å²) in [6, 6.07) is 0. The monoisotopic (exact) mass is 217 g/mol. The molecule has 0 unspecified atom stereocenters. The Hall–Kier alpha value is -0.160. The summed E-state index contributed by atoms with van der Waals surface area (Å²) in [7, 11) is 0. The second-order valence-corrected chi connectivity index (χ2v) is 3.46. The number of nitrogens with one attached hydrogen (secondary N) is 2. The average molecular weight is 217 g/mol. The van der Waals surface area contributed by atoms with Crippen LogP contribution in [0.25, 0.3) is 0 Å². The van der Waals surface area contributed by atoms with E-state index in [0.717, 1.165) is 45.9 Å². The fourth-order valence-corrected chi connectivity index (χ4v) is 1.24. The second-order valence-electron chi connectivity index (χ2n) is 3.46. The van der Waals surface area contributed by atoms with Crippen LogP contribution < -0.4 is 10.7 Å². The van der Waals surface area contributed by atoms with Crippen molar-refractivity contribution in [1.29, 1.82) is 0 Å². The predicted octanol–water partition coefficient (Wildman–Crippen LogP) is 0.849. The van der Waals surface area contributed by atoms with Crippen molar-refractivity contribution in [2.45, 2.75) is 27.2 Å². The van der Waals surface area contributed by atoms with E-state index < -0.39 is 0 Å². The Morgan fingerprint density at radius 1 is 1.07 bits per heavy atom. The molecule has 4 nitrogen and oxygen atoms in total. The maximum absolute atomic E-state index is 5.20. The topological polar surface area (TPSA) is 36.5 Å². The zero-order valence-electron chi connectivity index (χ0n) is 10.5. The van der Waals surface area contributed by atoms with Gasteiger partial charge in [0.05, 0.1) is 13.2 Å². The molecule has 0 radical (unpaired) electrons. The lowest BCUT2D eigenvalue weighted by Crippen LogP contribution is -2.45. The van der Waals surface area contributed by atoms with Crippen LogP contribution in [0.1, 0.15) is 27.2 Å². The molecule has 2 N–H and O–H groups in total. The van der Waals surface area contributed by atoms with Crippen LogP contribution in [0.4, 0.5) is 0 Å². The van der Waals surface area contributed by atoms with Gasteiger partial charge in [0.1, 0.15) is 0 Å². The standard InChI is InChI=1S/C7H16N2O.C4H11N/c1-2-3-8-9-4-6-10-7-5-9;1-3-5-4-2/h8H,2-7H2,1H3;5H,3-4H2,1-2H3. The Bertz CT molecular complexity index is 114. The average Bonchev–Trinajstić information content (AvgIpc) is 2.30. The van der Waals surface area contributed by atoms with E-state index in [1.807, 2.05) is 0 Å². The molecule has 0 spiro atoms. The fraction of sp³-hybridized carbons (Fsp3) is 1.00. The highest BCUT2D eigenvalue weighted by Gasteiger charge is 2.07. The molecule has 1 aliphatic rings. The Labute approximate surface area is 94.3 Å². The number of hydrogen-bond acceptors (Lipinski definition) is 4. The summed E-state index contributed by atoms with van der Waals surface area (Å²) in [5.74, 6) is 0. The highest BCUT2D eigenvalue weighted by atomic mass is 16.5. The maximum atomic E-state index is 5.20. The van der Waals surface area contributed by atoms with Crippen molar-refractivity contribution in [2.75, 3.05) is 45.9 Å². The van der Waals surface area contributed by atoms with Crippen molar-refractivity contribution < 1.29 is 4.74 Å². The van der Waals surface area contributed by atoms with E-state index >= 15 is 0 Å². The van der Waals surface area contributed by atoms with Crippen LogP contribution in [0.15, 0.2) is 0 Å². The molecule has 1 heterocycles. The van der Waals surface area contributed by atoms with Gasteiger partial charge < -0.3 is 10.1 Å². The van der Waals surface area contributed by atoms with E-state index in [4.69, 9.17) is 4.74 Å². The van der Waals surface area contributed by atoms with E-state index in [1.54, 1.807) is 0 Å². The van der Waals surface area contributed by atoms with E-state index in [-0.39, 0.29) is 0 Å². The molecule has 1 aliphatic heterocycles. The Morgan fingerprint density at radius 3 is 2.07 bits per heavy atom. The van der Waals surface area contributed by atoms with Crippen molar-refractivity contribution in [1.82, 2.24) is 15.8 Å². The summed E-state index contributed by atoms with van der Waals surface area (Å²) in [6.07, 6.45) is 1.19. The zero-order valence-corrected chi connectivity index (χ0v) is 10.5. The van der Waals surface area contributed by atoms with Gasteiger partial charge in [-0.2, -0.15) is 0 Å². The summed E-state index contributed by atoms with van der Waals surface area (Å²) >= 11 is 0. The van der Waals surface area contributed by atoms with Crippen molar-refractivity contribution in [2.24, 2.45) is 0 Å². The minimum absolute atomic E-state index is 0.872. The second kappa shape index (κ2) is 11.9. The van der Waals surface area contributed by atoms with Gasteiger partial charge >= 0.3 is 0 Å². The van der Waals surface area contributed by atoms with E-state index in [2.05, 4.69) is 36.5 Å². The quantitative estimate of drug-likeness (QED) is 0.716. The summed E-state index contributed by atoms with van der Waals surface area (Å²) in [6.45, 7) is 13.4. The fourth-order valence-electron chi connectivity index (χ4n) is 1.24. The van der Waals surface area contributed by atoms with Gasteiger partial charge in [0.15, 0.2) is 0 Å². The number of rotatable bonds is 5. The highest BCUT2D eigenvalue weighted by Crippen LogP contribution is 1.91. The van der Waals surface area contributed by atoms with Gasteiger partial charge in [-0.05, 0) is 19.5 Å². The van der Waals surface area contributed by atoms with Crippen LogP contribution >= 0.6 is 0 Å². The summed E-state index contributed by atoms with van der Waals surface area (Å²) in [5.41, 5.74) is 3.32. The number of nitrogens with zero attached hydrogens (tertiary/aromatic N) is 1. The maximum Gasteiger partial charge on any atom is 0.0608 e. The first kappa shape index (κ1) is 14.8. The van der Waals surface area contributed by atoms with E-state index in [1.165, 1.54) is 6.42 Å². The molecular formula is C11H27N3O. The lowest BCUT2D eigenvalue weighted by molar-refractivity contribution is 0.0122. The van der Waals surface area contributed by atoms with Gasteiger partial charge in [-0.3, -0.25) is 5.43 Å². The number of hydrazine groups is 1. The van der Waals surface area contributed by atoms with Gasteiger partial charge in [-0.15, -0.1) is 0 Å². The molecular weight excluding hydrogens is 190 g/mol. The Morgan fingerprint density at radius 2 is 1.67 bits per heavy atom. The molecule has 0 atom stereocenters. The third kappa shape index (κ3) is 10.1. The summed E-state index contributed by atoms with van der Waals surface area (Å²) in [5, 5.41) is 5.34. The van der Waals surface area contributed by atoms with Crippen LogP contribution in [0.5, 0.6) is 0 Å². The zero-order chi connectivity index (χ0) is 11.4. The minimum Gasteiger partial charge on any atom is -0.379 e. The molecule has 92 valence electrons. The predicted molar refractivity (Wildman–Crippen MR) is 64.9 cm³/mol. The third-order valence-corrected chi connectivity index (χ3v) is 2.10. The molecule has 0 aliphatic carbocycles. The molecule has 4 heteroatoms. The normalized spacial score (nSPS) is 17.0. The minimum atomic E-state index is 0.872. The first-order valence-electron chi connectivity index (χ1n) is 6.12. The first-order chi connectivity index (χ1) is 7.35. The van der Waals surface area contributed by atoms with Crippen LogP contribution in [0.3, 0.4) is 0 Å². The molecule has 0 saturated carbocycles. The van der Waals surface area contributed by atoms with Gasteiger partial charge in [0.2, 0.25) is 0 Å². The van der Waals surface area contributed by atoms with Crippen LogP contribution in [-0.4, -0.2) is 50.9 Å². The molecule has 1 rings (SSSR count). The molecule has 0 bridgehead atoms. The molecule has 0 amide bonds. The number of hydrogen-bond donors (Lipinski definition) is 2. The van der Waals surface area contributed by atoms with Crippen LogP contribution in [0, 0.1) is 0 Å². The van der Waals surface area contributed by atoms with Gasteiger partial charge in [0, 0.05) is 19.6 Å². The molecule has 1 saturated heterocycles. The Kier molecular flexibility index (Phi) is 11.8. The lowest BCUT2D eigenvalue weighted by atomic mass is 10.5. The molecule has 0 aromatic rings. The smallest absolute Gasteiger partial charge is 0.0608 e. The largest absolute Gasteiger partial charge is 0.379 e. The number of morpholine rings is 1. The van der Waals surface area contributed by atoms with E-state index in [9.17, 15) is 0 Å². The molecule has 0 aromatic heterocycles. The highest BCUT2D eigenvalue weighted by molar-refractivity contribution is 4.56. The lowest BCUT2D eigenvalue weighted by Gasteiger charge is -2.26. The van der Waals surface area contributed by atoms with Crippen LogP contribution in [-0.2, 0) is 4.74 Å². The van der Waals surface area contributed by atoms with Crippen molar-refractivity contribution in [3.8, 4) is 0 Å². The molecule has 15 heavy (non-hydrogen) atoms. The molecule has 1 fully saturated rings. The number of ether oxygens (including phenoxy) is 1. The molecule has 0 aromatic carbocycles. The van der Waals surface area contributed by atoms with Crippen molar-refractivity contribution >= 4 is 0 Å². The SMILES string of the molecule is CCCNN1CCOCC1.CCNCC. The van der Waals surface area contributed by atoms with Gasteiger partial charge in [-0.1, -0.05) is 20.8 Å². The van der Waals surface area contributed by atoms with Crippen molar-refractivity contribution in [3.05, 3.63) is 0 Å². The summed E-state index contributed by atoms with van der Waals surface area (Å²) in [4.78, 5) is 0. The first-order valence-corrected chi connectivity index (χ1v) is 6.12. The van der Waals surface area contributed by atoms with Gasteiger partial charge in [-0.25, -0.2) is 5.01 Å². The summed E-state index contributed by atoms with van der Waals surface area (Å²) < 4.78 is 5.20. The Balaban J connectivity index is 0.000000336. The van der Waals surface area contributed by atoms with Gasteiger partial charge in [0.25, 0.3) is 0 Å². The van der Waals surface area contributed by atoms with Crippen molar-refractivity contribution in [3.63, 3.8) is 0 Å². The van der Waals surface area contributed by atoms with E-state index in [0.29, 0.717) is 0 Å². The third-order valence-electron chi connectivity index (χ3n) is 2.10. The van der Waals surface area contributed by atoms with Crippen LogP contribution in [0.2, 0.25) is 0 Å².